The number of hydrogen-bond donors (Lipinski definition) is 1. The zero-order chi connectivity index (χ0) is 12.5. The van der Waals surface area contributed by atoms with Gasteiger partial charge in [0.05, 0.1) is 13.3 Å². The summed E-state index contributed by atoms with van der Waals surface area (Å²) in [5.41, 5.74) is 1.10. The Labute approximate surface area is 99.5 Å². The Morgan fingerprint density at radius 2 is 2.12 bits per heavy atom. The molecule has 5 nitrogen and oxygen atoms in total. The van der Waals surface area contributed by atoms with Crippen molar-refractivity contribution in [1.29, 1.82) is 0 Å². The highest BCUT2D eigenvalue weighted by Crippen LogP contribution is 2.11. The molecule has 0 aromatic heterocycles. The van der Waals surface area contributed by atoms with Gasteiger partial charge in [0, 0.05) is 6.54 Å². The van der Waals surface area contributed by atoms with Crippen LogP contribution in [0.1, 0.15) is 5.56 Å². The van der Waals surface area contributed by atoms with Crippen molar-refractivity contribution < 1.29 is 14.3 Å². The number of carbonyl (C=O) groups excluding carboxylic acids is 2. The van der Waals surface area contributed by atoms with Gasteiger partial charge >= 0.3 is 0 Å². The Kier molecular flexibility index (Phi) is 5.43. The summed E-state index contributed by atoms with van der Waals surface area (Å²) >= 11 is 0. The van der Waals surface area contributed by atoms with Crippen LogP contribution in [0.2, 0.25) is 0 Å². The van der Waals surface area contributed by atoms with Crippen LogP contribution in [0.5, 0.6) is 5.75 Å². The minimum Gasteiger partial charge on any atom is -0.497 e. The summed E-state index contributed by atoms with van der Waals surface area (Å²) in [4.78, 5) is 24.1. The molecular weight excluding hydrogens is 220 g/mol. The minimum absolute atomic E-state index is 0.322. The number of methoxy groups -OCH3 is 1. The van der Waals surface area contributed by atoms with Crippen molar-refractivity contribution in [2.75, 3.05) is 13.7 Å². The van der Waals surface area contributed by atoms with Crippen molar-refractivity contribution >= 4 is 18.5 Å². The molecule has 0 radical (unpaired) electrons. The molecule has 0 saturated heterocycles. The van der Waals surface area contributed by atoms with Crippen molar-refractivity contribution in [2.45, 2.75) is 6.42 Å². The van der Waals surface area contributed by atoms with E-state index in [1.54, 1.807) is 7.11 Å². The summed E-state index contributed by atoms with van der Waals surface area (Å²) < 4.78 is 5.04. The molecule has 1 N–H and O–H groups in total. The van der Waals surface area contributed by atoms with Gasteiger partial charge in [0.2, 0.25) is 6.41 Å². The van der Waals surface area contributed by atoms with E-state index in [-0.39, 0.29) is 5.91 Å². The fourth-order valence-corrected chi connectivity index (χ4v) is 1.27. The highest BCUT2D eigenvalue weighted by molar-refractivity contribution is 6.27. The van der Waals surface area contributed by atoms with Crippen LogP contribution in [-0.2, 0) is 16.0 Å². The molecule has 0 unspecified atom stereocenters. The average Bonchev–Trinajstić information content (AvgIpc) is 2.37. The quantitative estimate of drug-likeness (QED) is 0.578. The number of ether oxygens (including phenoxy) is 1. The van der Waals surface area contributed by atoms with Gasteiger partial charge in [0.15, 0.2) is 0 Å². The number of amides is 2. The van der Waals surface area contributed by atoms with Crippen LogP contribution < -0.4 is 10.1 Å². The van der Waals surface area contributed by atoms with E-state index in [1.165, 1.54) is 0 Å². The first-order valence-electron chi connectivity index (χ1n) is 5.14. The maximum atomic E-state index is 11.1. The van der Waals surface area contributed by atoms with Crippen molar-refractivity contribution in [3.05, 3.63) is 29.8 Å². The van der Waals surface area contributed by atoms with Crippen molar-refractivity contribution in [2.24, 2.45) is 4.99 Å². The number of rotatable bonds is 6. The van der Waals surface area contributed by atoms with E-state index >= 15 is 0 Å². The second kappa shape index (κ2) is 7.16. The molecule has 90 valence electrons. The number of aliphatic imine (C=N–C) groups is 1. The van der Waals surface area contributed by atoms with E-state index in [2.05, 4.69) is 10.3 Å². The van der Waals surface area contributed by atoms with Crippen LogP contribution in [0, 0.1) is 0 Å². The number of nitrogens with one attached hydrogen (secondary N) is 1. The predicted molar refractivity (Wildman–Crippen MR) is 64.3 cm³/mol. The normalized spacial score (nSPS) is 10.2. The molecular formula is C12H14N2O3. The van der Waals surface area contributed by atoms with Crippen LogP contribution in [0.25, 0.3) is 0 Å². The topological polar surface area (TPSA) is 67.8 Å². The molecule has 17 heavy (non-hydrogen) atoms. The maximum absolute atomic E-state index is 11.1. The van der Waals surface area contributed by atoms with Gasteiger partial charge in [0.1, 0.15) is 5.75 Å². The summed E-state index contributed by atoms with van der Waals surface area (Å²) in [5.74, 6) is 0.432. The van der Waals surface area contributed by atoms with Crippen LogP contribution in [0.15, 0.2) is 29.3 Å². The Balaban J connectivity index is 2.32. The third kappa shape index (κ3) is 4.92. The van der Waals surface area contributed by atoms with Crippen LogP contribution in [-0.4, -0.2) is 32.2 Å². The summed E-state index contributed by atoms with van der Waals surface area (Å²) in [6.45, 7) is 0.496. The molecule has 1 aromatic rings. The number of benzene rings is 1. The molecule has 5 heteroatoms. The molecule has 2 amide bonds. The molecule has 0 aliphatic carbocycles. The average molecular weight is 234 g/mol. The fourth-order valence-electron chi connectivity index (χ4n) is 1.27. The molecule has 0 spiro atoms. The lowest BCUT2D eigenvalue weighted by atomic mass is 10.1. The van der Waals surface area contributed by atoms with E-state index in [9.17, 15) is 9.59 Å². The van der Waals surface area contributed by atoms with Crippen molar-refractivity contribution in [1.82, 2.24) is 5.32 Å². The van der Waals surface area contributed by atoms with E-state index in [1.807, 2.05) is 24.3 Å². The highest BCUT2D eigenvalue weighted by atomic mass is 16.5. The Bertz CT molecular complexity index is 399. The molecule has 0 saturated carbocycles. The standard InChI is InChI=1S/C12H14N2O3/c1-17-11-4-2-10(3-5-11)6-7-14-12(16)8-13-9-15/h2-5,8-9H,6-7H2,1H3,(H,14,16). The first-order valence-corrected chi connectivity index (χ1v) is 5.14. The zero-order valence-electron chi connectivity index (χ0n) is 9.55. The molecule has 0 atom stereocenters. The molecule has 0 aliphatic rings. The molecule has 0 fully saturated rings. The van der Waals surface area contributed by atoms with Gasteiger partial charge in [-0.2, -0.15) is 0 Å². The van der Waals surface area contributed by atoms with Crippen molar-refractivity contribution in [3.8, 4) is 5.75 Å². The Morgan fingerprint density at radius 3 is 2.71 bits per heavy atom. The van der Waals surface area contributed by atoms with Crippen LogP contribution >= 0.6 is 0 Å². The SMILES string of the molecule is COc1ccc(CCNC(=O)C=NC=O)cc1. The third-order valence-electron chi connectivity index (χ3n) is 2.12. The van der Waals surface area contributed by atoms with E-state index in [0.717, 1.165) is 17.5 Å². The van der Waals surface area contributed by atoms with Gasteiger partial charge < -0.3 is 10.1 Å². The molecule has 1 aromatic carbocycles. The maximum Gasteiger partial charge on any atom is 0.262 e. The smallest absolute Gasteiger partial charge is 0.262 e. The van der Waals surface area contributed by atoms with Crippen LogP contribution in [0.4, 0.5) is 0 Å². The highest BCUT2D eigenvalue weighted by Gasteiger charge is 1.97. The summed E-state index contributed by atoms with van der Waals surface area (Å²) in [5, 5.41) is 2.62. The summed E-state index contributed by atoms with van der Waals surface area (Å²) in [6, 6.07) is 7.60. The zero-order valence-corrected chi connectivity index (χ0v) is 9.55. The Hall–Kier alpha value is -2.17. The Morgan fingerprint density at radius 1 is 1.41 bits per heavy atom. The molecule has 0 bridgehead atoms. The van der Waals surface area contributed by atoms with Gasteiger partial charge in [0.25, 0.3) is 5.91 Å². The first kappa shape index (κ1) is 12.9. The van der Waals surface area contributed by atoms with Gasteiger partial charge in [-0.25, -0.2) is 4.99 Å². The van der Waals surface area contributed by atoms with Gasteiger partial charge in [-0.1, -0.05) is 12.1 Å². The van der Waals surface area contributed by atoms with Crippen molar-refractivity contribution in [3.63, 3.8) is 0 Å². The summed E-state index contributed by atoms with van der Waals surface area (Å²) in [6.07, 6.45) is 1.99. The van der Waals surface area contributed by atoms with E-state index < -0.39 is 0 Å². The fraction of sp³-hybridized carbons (Fsp3) is 0.250. The lowest BCUT2D eigenvalue weighted by Crippen LogP contribution is -2.26. The third-order valence-corrected chi connectivity index (χ3v) is 2.12. The number of carbonyl (C=O) groups is 2. The number of hydrogen-bond acceptors (Lipinski definition) is 3. The van der Waals surface area contributed by atoms with Crippen LogP contribution in [0.3, 0.4) is 0 Å². The van der Waals surface area contributed by atoms with E-state index in [4.69, 9.17) is 4.74 Å². The first-order chi connectivity index (χ1) is 8.26. The second-order valence-electron chi connectivity index (χ2n) is 3.27. The number of nitrogens with zero attached hydrogens (tertiary/aromatic N) is 1. The lowest BCUT2D eigenvalue weighted by Gasteiger charge is -2.04. The predicted octanol–water partition coefficient (Wildman–Crippen LogP) is 0.581. The second-order valence-corrected chi connectivity index (χ2v) is 3.27. The lowest BCUT2D eigenvalue weighted by molar-refractivity contribution is -0.114. The summed E-state index contributed by atoms with van der Waals surface area (Å²) in [7, 11) is 1.61. The monoisotopic (exact) mass is 234 g/mol. The molecule has 1 rings (SSSR count). The van der Waals surface area contributed by atoms with E-state index in [0.29, 0.717) is 19.4 Å². The molecule has 0 aliphatic heterocycles. The molecule has 0 heterocycles. The van der Waals surface area contributed by atoms with Gasteiger partial charge in [-0.15, -0.1) is 0 Å². The van der Waals surface area contributed by atoms with Gasteiger partial charge in [-0.3, -0.25) is 9.59 Å². The van der Waals surface area contributed by atoms with Gasteiger partial charge in [-0.05, 0) is 24.1 Å². The largest absolute Gasteiger partial charge is 0.497 e. The minimum atomic E-state index is -0.370.